The summed E-state index contributed by atoms with van der Waals surface area (Å²) in [4.78, 5) is 12.3. The molecule has 0 unspecified atom stereocenters. The Labute approximate surface area is 146 Å². The van der Waals surface area contributed by atoms with Crippen LogP contribution >= 0.6 is 11.6 Å². The molecule has 0 radical (unpaired) electrons. The van der Waals surface area contributed by atoms with Crippen LogP contribution in [0.2, 0.25) is 5.02 Å². The van der Waals surface area contributed by atoms with Gasteiger partial charge in [0.1, 0.15) is 6.07 Å². The third kappa shape index (κ3) is 2.57. The minimum absolute atomic E-state index is 0.270. The molecule has 0 aliphatic rings. The van der Waals surface area contributed by atoms with Gasteiger partial charge >= 0.3 is 0 Å². The molecule has 1 N–H and O–H groups in total. The second-order valence-electron chi connectivity index (χ2n) is 5.39. The summed E-state index contributed by atoms with van der Waals surface area (Å²) in [6.07, 6.45) is 1.67. The first-order valence-corrected chi connectivity index (χ1v) is 7.79. The average Bonchev–Trinajstić information content (AvgIpc) is 3.05. The van der Waals surface area contributed by atoms with Gasteiger partial charge in [-0.25, -0.2) is 4.52 Å². The van der Waals surface area contributed by atoms with Crippen molar-refractivity contribution in [2.24, 2.45) is 0 Å². The van der Waals surface area contributed by atoms with Crippen molar-refractivity contribution in [2.45, 2.75) is 0 Å². The Bertz CT molecular complexity index is 1230. The van der Waals surface area contributed by atoms with Crippen molar-refractivity contribution < 1.29 is 0 Å². The van der Waals surface area contributed by atoms with Crippen LogP contribution in [0.15, 0.2) is 53.3 Å². The van der Waals surface area contributed by atoms with Crippen molar-refractivity contribution in [3.05, 3.63) is 75.3 Å². The van der Waals surface area contributed by atoms with Gasteiger partial charge in [0.2, 0.25) is 0 Å². The lowest BCUT2D eigenvalue weighted by molar-refractivity contribution is 0.893. The zero-order valence-electron chi connectivity index (χ0n) is 12.8. The van der Waals surface area contributed by atoms with Crippen molar-refractivity contribution in [3.8, 4) is 6.07 Å². The smallest absolute Gasteiger partial charge is 0.267 e. The minimum Gasteiger partial charge on any atom is -0.267 e. The Morgan fingerprint density at radius 3 is 2.56 bits per heavy atom. The number of allylic oxidation sites excluding steroid dienone is 1. The van der Waals surface area contributed by atoms with Crippen molar-refractivity contribution in [2.75, 3.05) is 0 Å². The first-order chi connectivity index (χ1) is 12.2. The number of nitriles is 1. The molecule has 120 valence electrons. The molecule has 0 bridgehead atoms. The van der Waals surface area contributed by atoms with E-state index in [1.807, 2.05) is 6.07 Å². The molecule has 0 fully saturated rings. The van der Waals surface area contributed by atoms with Gasteiger partial charge in [-0.1, -0.05) is 41.9 Å². The number of nitrogens with zero attached hydrogens (tertiary/aromatic N) is 4. The van der Waals surface area contributed by atoms with E-state index in [4.69, 9.17) is 11.6 Å². The van der Waals surface area contributed by atoms with Gasteiger partial charge in [-0.3, -0.25) is 9.89 Å². The minimum atomic E-state index is -0.270. The van der Waals surface area contributed by atoms with Crippen molar-refractivity contribution in [3.63, 3.8) is 0 Å². The second kappa shape index (κ2) is 5.89. The van der Waals surface area contributed by atoms with Gasteiger partial charge in [0.15, 0.2) is 11.5 Å². The van der Waals surface area contributed by atoms with Crippen LogP contribution in [0.1, 0.15) is 11.4 Å². The summed E-state index contributed by atoms with van der Waals surface area (Å²) in [5, 5.41) is 22.3. The fraction of sp³-hybridized carbons (Fsp3) is 0. The first kappa shape index (κ1) is 15.1. The van der Waals surface area contributed by atoms with Gasteiger partial charge < -0.3 is 0 Å². The third-order valence-electron chi connectivity index (χ3n) is 3.83. The van der Waals surface area contributed by atoms with Gasteiger partial charge in [-0.05, 0) is 29.8 Å². The highest BCUT2D eigenvalue weighted by Gasteiger charge is 2.14. The third-order valence-corrected chi connectivity index (χ3v) is 4.08. The molecule has 7 heteroatoms. The second-order valence-corrected chi connectivity index (χ2v) is 5.83. The van der Waals surface area contributed by atoms with E-state index in [-0.39, 0.29) is 17.0 Å². The molecule has 2 aromatic heterocycles. The Hall–Kier alpha value is -3.43. The molecule has 2 heterocycles. The van der Waals surface area contributed by atoms with E-state index in [0.29, 0.717) is 21.4 Å². The van der Waals surface area contributed by atoms with Crippen molar-refractivity contribution in [1.29, 1.82) is 5.26 Å². The predicted molar refractivity (Wildman–Crippen MR) is 96.0 cm³/mol. The van der Waals surface area contributed by atoms with Crippen LogP contribution in [-0.2, 0) is 0 Å². The van der Waals surface area contributed by atoms with Crippen molar-refractivity contribution in [1.82, 2.24) is 19.8 Å². The molecular weight excluding hydrogens is 338 g/mol. The Balaban J connectivity index is 1.95. The molecule has 0 saturated heterocycles. The summed E-state index contributed by atoms with van der Waals surface area (Å²) in [6.45, 7) is 0. The lowest BCUT2D eigenvalue weighted by Crippen LogP contribution is -2.13. The van der Waals surface area contributed by atoms with Crippen LogP contribution in [0.4, 0.5) is 0 Å². The zero-order chi connectivity index (χ0) is 17.4. The highest BCUT2D eigenvalue weighted by molar-refractivity contribution is 6.30. The molecule has 4 aromatic rings. The van der Waals surface area contributed by atoms with Crippen LogP contribution < -0.4 is 5.56 Å². The number of halogens is 1. The van der Waals surface area contributed by atoms with Gasteiger partial charge in [0, 0.05) is 10.4 Å². The molecule has 6 nitrogen and oxygen atoms in total. The summed E-state index contributed by atoms with van der Waals surface area (Å²) >= 11 is 5.88. The van der Waals surface area contributed by atoms with E-state index in [0.717, 1.165) is 5.56 Å². The Morgan fingerprint density at radius 1 is 1.12 bits per heavy atom. The number of aromatic amines is 1. The summed E-state index contributed by atoms with van der Waals surface area (Å²) in [5.74, 6) is 0.273. The Morgan fingerprint density at radius 2 is 1.84 bits per heavy atom. The van der Waals surface area contributed by atoms with E-state index < -0.39 is 0 Å². The number of fused-ring (bicyclic) bond motifs is 3. The molecule has 0 aliphatic carbocycles. The molecule has 4 rings (SSSR count). The number of aromatic nitrogens is 4. The van der Waals surface area contributed by atoms with E-state index >= 15 is 0 Å². The number of rotatable bonds is 2. The number of hydrogen-bond donors (Lipinski definition) is 1. The van der Waals surface area contributed by atoms with Gasteiger partial charge in [-0.15, -0.1) is 10.2 Å². The topological polar surface area (TPSA) is 86.8 Å². The molecule has 25 heavy (non-hydrogen) atoms. The summed E-state index contributed by atoms with van der Waals surface area (Å²) < 4.78 is 1.44. The van der Waals surface area contributed by atoms with E-state index in [2.05, 4.69) is 21.4 Å². The number of H-pyrrole nitrogens is 1. The predicted octanol–water partition coefficient (Wildman–Crippen LogP) is 3.29. The zero-order valence-corrected chi connectivity index (χ0v) is 13.5. The normalized spacial score (nSPS) is 11.8. The molecular formula is C18H10ClN5O. The number of hydrogen-bond acceptors (Lipinski definition) is 4. The fourth-order valence-corrected chi connectivity index (χ4v) is 2.78. The molecule has 0 amide bonds. The molecule has 0 atom stereocenters. The van der Waals surface area contributed by atoms with E-state index in [1.165, 1.54) is 4.52 Å². The quantitative estimate of drug-likeness (QED) is 0.564. The summed E-state index contributed by atoms with van der Waals surface area (Å²) in [5.41, 5.74) is 1.29. The van der Waals surface area contributed by atoms with Crippen LogP contribution in [0.3, 0.4) is 0 Å². The van der Waals surface area contributed by atoms with E-state index in [1.54, 1.807) is 48.5 Å². The SMILES string of the molecule is N#C/C(=C\c1ccc(Cl)cc1)c1nnc2c3ccccc3c(=O)[nH]n12. The fourth-order valence-electron chi connectivity index (χ4n) is 2.65. The number of benzene rings is 2. The van der Waals surface area contributed by atoms with Crippen LogP contribution in [-0.4, -0.2) is 19.8 Å². The van der Waals surface area contributed by atoms with Crippen LogP contribution in [0.25, 0.3) is 28.1 Å². The van der Waals surface area contributed by atoms with Crippen molar-refractivity contribution >= 4 is 39.7 Å². The van der Waals surface area contributed by atoms with Gasteiger partial charge in [0.25, 0.3) is 5.56 Å². The molecule has 0 spiro atoms. The number of nitrogens with one attached hydrogen (secondary N) is 1. The van der Waals surface area contributed by atoms with Crippen LogP contribution in [0.5, 0.6) is 0 Å². The van der Waals surface area contributed by atoms with E-state index in [9.17, 15) is 10.1 Å². The molecule has 0 saturated carbocycles. The maximum atomic E-state index is 12.3. The lowest BCUT2D eigenvalue weighted by atomic mass is 10.1. The van der Waals surface area contributed by atoms with Gasteiger partial charge in [0.05, 0.1) is 11.0 Å². The Kier molecular flexibility index (Phi) is 3.56. The standard InChI is InChI=1S/C18H10ClN5O/c19-13-7-5-11(6-8-13)9-12(10-20)16-21-22-17-14-3-1-2-4-15(14)18(25)23-24(16)17/h1-9H,(H,23,25)/b12-9+. The van der Waals surface area contributed by atoms with Crippen LogP contribution in [0, 0.1) is 11.3 Å². The highest BCUT2D eigenvalue weighted by atomic mass is 35.5. The highest BCUT2D eigenvalue weighted by Crippen LogP contribution is 2.20. The maximum absolute atomic E-state index is 12.3. The summed E-state index contributed by atoms with van der Waals surface area (Å²) in [7, 11) is 0. The average molecular weight is 348 g/mol. The molecule has 0 aliphatic heterocycles. The molecule has 2 aromatic carbocycles. The summed E-state index contributed by atoms with van der Waals surface area (Å²) in [6, 6.07) is 16.3. The monoisotopic (exact) mass is 347 g/mol. The largest absolute Gasteiger partial charge is 0.270 e. The lowest BCUT2D eigenvalue weighted by Gasteiger charge is -2.02. The van der Waals surface area contributed by atoms with Gasteiger partial charge in [-0.2, -0.15) is 5.26 Å². The first-order valence-electron chi connectivity index (χ1n) is 7.41. The maximum Gasteiger partial charge on any atom is 0.270 e.